The topological polar surface area (TPSA) is 72.2 Å². The number of nitrogens with one attached hydrogen (secondary N) is 1. The van der Waals surface area contributed by atoms with E-state index in [0.717, 1.165) is 5.56 Å². The van der Waals surface area contributed by atoms with Gasteiger partial charge < -0.3 is 5.73 Å². The zero-order valence-corrected chi connectivity index (χ0v) is 12.2. The van der Waals surface area contributed by atoms with Crippen LogP contribution in [0.5, 0.6) is 0 Å². The van der Waals surface area contributed by atoms with Crippen LogP contribution in [0.2, 0.25) is 0 Å². The van der Waals surface area contributed by atoms with Crippen molar-refractivity contribution >= 4 is 10.0 Å². The molecule has 4 nitrogen and oxygen atoms in total. The number of hydrogen-bond donors (Lipinski definition) is 2. The van der Waals surface area contributed by atoms with Crippen molar-refractivity contribution in [3.8, 4) is 0 Å². The van der Waals surface area contributed by atoms with E-state index < -0.39 is 15.6 Å². The van der Waals surface area contributed by atoms with Crippen LogP contribution in [0.1, 0.15) is 26.3 Å². The van der Waals surface area contributed by atoms with E-state index in [0.29, 0.717) is 0 Å². The molecule has 1 aromatic carbocycles. The van der Waals surface area contributed by atoms with Crippen molar-refractivity contribution < 1.29 is 8.42 Å². The summed E-state index contributed by atoms with van der Waals surface area (Å²) in [7, 11) is -3.53. The number of rotatable bonds is 5. The number of sulfonamides is 1. The van der Waals surface area contributed by atoms with E-state index in [1.807, 2.05) is 33.8 Å². The lowest BCUT2D eigenvalue weighted by Crippen LogP contribution is -2.54. The van der Waals surface area contributed by atoms with Gasteiger partial charge in [-0.3, -0.25) is 0 Å². The Morgan fingerprint density at radius 1 is 1.39 bits per heavy atom. The average Bonchev–Trinajstić information content (AvgIpc) is 2.28. The van der Waals surface area contributed by atoms with Crippen LogP contribution in [-0.4, -0.2) is 20.5 Å². The molecule has 1 rings (SSSR count). The van der Waals surface area contributed by atoms with Crippen molar-refractivity contribution in [2.24, 2.45) is 11.7 Å². The Morgan fingerprint density at radius 3 is 2.44 bits per heavy atom. The fourth-order valence-electron chi connectivity index (χ4n) is 1.54. The van der Waals surface area contributed by atoms with Crippen LogP contribution in [0.25, 0.3) is 0 Å². The summed E-state index contributed by atoms with van der Waals surface area (Å²) in [6.45, 7) is 7.85. The highest BCUT2D eigenvalue weighted by atomic mass is 32.2. The molecule has 1 unspecified atom stereocenters. The van der Waals surface area contributed by atoms with E-state index in [9.17, 15) is 8.42 Å². The zero-order chi connectivity index (χ0) is 14.0. The summed E-state index contributed by atoms with van der Waals surface area (Å²) in [6, 6.07) is 6.84. The summed E-state index contributed by atoms with van der Waals surface area (Å²) in [6.07, 6.45) is 0. The maximum Gasteiger partial charge on any atom is 0.241 e. The first-order valence-corrected chi connectivity index (χ1v) is 7.50. The zero-order valence-electron chi connectivity index (χ0n) is 11.4. The Kier molecular flexibility index (Phi) is 4.53. The van der Waals surface area contributed by atoms with Gasteiger partial charge in [0, 0.05) is 12.1 Å². The van der Waals surface area contributed by atoms with E-state index in [1.54, 1.807) is 18.2 Å². The number of nitrogens with two attached hydrogens (primary N) is 1. The molecule has 0 aliphatic rings. The molecule has 0 aromatic heterocycles. The van der Waals surface area contributed by atoms with Gasteiger partial charge in [-0.2, -0.15) is 0 Å². The Bertz CT molecular complexity index is 511. The number of benzene rings is 1. The molecule has 5 heteroatoms. The van der Waals surface area contributed by atoms with Crippen LogP contribution < -0.4 is 10.5 Å². The van der Waals surface area contributed by atoms with Gasteiger partial charge in [0.05, 0.1) is 4.90 Å². The van der Waals surface area contributed by atoms with Gasteiger partial charge in [-0.05, 0) is 37.5 Å². The highest BCUT2D eigenvalue weighted by Crippen LogP contribution is 2.19. The van der Waals surface area contributed by atoms with Crippen LogP contribution in [-0.2, 0) is 10.0 Å². The standard InChI is InChI=1S/C13H22N2O2S/c1-10(2)13(4,9-14)15-18(16,17)12-7-5-6-11(3)8-12/h5-8,10,15H,9,14H2,1-4H3. The smallest absolute Gasteiger partial charge is 0.241 e. The number of hydrogen-bond acceptors (Lipinski definition) is 3. The van der Waals surface area contributed by atoms with Gasteiger partial charge in [-0.1, -0.05) is 26.0 Å². The maximum absolute atomic E-state index is 12.3. The first-order chi connectivity index (χ1) is 8.21. The van der Waals surface area contributed by atoms with Crippen molar-refractivity contribution in [2.75, 3.05) is 6.54 Å². The molecule has 1 atom stereocenters. The highest BCUT2D eigenvalue weighted by Gasteiger charge is 2.32. The molecule has 0 aliphatic heterocycles. The second-order valence-electron chi connectivity index (χ2n) is 5.20. The van der Waals surface area contributed by atoms with E-state index in [1.165, 1.54) is 0 Å². The van der Waals surface area contributed by atoms with Crippen LogP contribution in [0.15, 0.2) is 29.2 Å². The molecule has 1 aromatic rings. The SMILES string of the molecule is Cc1cccc(S(=O)(=O)NC(C)(CN)C(C)C)c1. The molecule has 3 N–H and O–H groups in total. The molecular weight excluding hydrogens is 248 g/mol. The van der Waals surface area contributed by atoms with Crippen molar-refractivity contribution in [1.82, 2.24) is 4.72 Å². The summed E-state index contributed by atoms with van der Waals surface area (Å²) in [5.74, 6) is 0.113. The third kappa shape index (κ3) is 3.31. The van der Waals surface area contributed by atoms with Crippen LogP contribution in [0.3, 0.4) is 0 Å². The largest absolute Gasteiger partial charge is 0.329 e. The van der Waals surface area contributed by atoms with Crippen molar-refractivity contribution in [2.45, 2.75) is 38.1 Å². The Balaban J connectivity index is 3.09. The monoisotopic (exact) mass is 270 g/mol. The molecule has 0 radical (unpaired) electrons. The molecule has 0 heterocycles. The van der Waals surface area contributed by atoms with Gasteiger partial charge in [-0.15, -0.1) is 0 Å². The first kappa shape index (κ1) is 15.1. The van der Waals surface area contributed by atoms with Gasteiger partial charge in [0.15, 0.2) is 0 Å². The molecule has 0 amide bonds. The minimum atomic E-state index is -3.53. The fourth-order valence-corrected chi connectivity index (χ4v) is 3.19. The lowest BCUT2D eigenvalue weighted by molar-refractivity contribution is 0.315. The minimum Gasteiger partial charge on any atom is -0.329 e. The molecule has 0 fully saturated rings. The van der Waals surface area contributed by atoms with E-state index in [4.69, 9.17) is 5.73 Å². The van der Waals surface area contributed by atoms with Gasteiger partial charge >= 0.3 is 0 Å². The van der Waals surface area contributed by atoms with Crippen molar-refractivity contribution in [3.05, 3.63) is 29.8 Å². The summed E-state index contributed by atoms with van der Waals surface area (Å²) in [5, 5.41) is 0. The van der Waals surface area contributed by atoms with Gasteiger partial charge in [-0.25, -0.2) is 13.1 Å². The molecule has 18 heavy (non-hydrogen) atoms. The predicted octanol–water partition coefficient (Wildman–Crippen LogP) is 1.65. The third-order valence-electron chi connectivity index (χ3n) is 3.37. The van der Waals surface area contributed by atoms with Gasteiger partial charge in [0.1, 0.15) is 0 Å². The molecule has 0 aliphatic carbocycles. The van der Waals surface area contributed by atoms with Crippen molar-refractivity contribution in [1.29, 1.82) is 0 Å². The van der Waals surface area contributed by atoms with Crippen LogP contribution >= 0.6 is 0 Å². The molecule has 0 spiro atoms. The van der Waals surface area contributed by atoms with E-state index >= 15 is 0 Å². The lowest BCUT2D eigenvalue weighted by atomic mass is 9.90. The molecular formula is C13H22N2O2S. The lowest BCUT2D eigenvalue weighted by Gasteiger charge is -2.33. The van der Waals surface area contributed by atoms with Crippen LogP contribution in [0, 0.1) is 12.8 Å². The Hall–Kier alpha value is -0.910. The second kappa shape index (κ2) is 5.38. The molecule has 0 saturated carbocycles. The summed E-state index contributed by atoms with van der Waals surface area (Å²) >= 11 is 0. The summed E-state index contributed by atoms with van der Waals surface area (Å²) in [4.78, 5) is 0.280. The van der Waals surface area contributed by atoms with Gasteiger partial charge in [0.25, 0.3) is 0 Å². The highest BCUT2D eigenvalue weighted by molar-refractivity contribution is 7.89. The Labute approximate surface area is 110 Å². The van der Waals surface area contributed by atoms with E-state index in [-0.39, 0.29) is 17.4 Å². The summed E-state index contributed by atoms with van der Waals surface area (Å²) < 4.78 is 27.3. The Morgan fingerprint density at radius 2 is 2.00 bits per heavy atom. The second-order valence-corrected chi connectivity index (χ2v) is 6.88. The minimum absolute atomic E-state index is 0.113. The predicted molar refractivity (Wildman–Crippen MR) is 73.8 cm³/mol. The van der Waals surface area contributed by atoms with E-state index in [2.05, 4.69) is 4.72 Å². The van der Waals surface area contributed by atoms with Crippen molar-refractivity contribution in [3.63, 3.8) is 0 Å². The third-order valence-corrected chi connectivity index (χ3v) is 4.98. The normalized spacial score (nSPS) is 15.7. The average molecular weight is 270 g/mol. The maximum atomic E-state index is 12.3. The molecule has 102 valence electrons. The quantitative estimate of drug-likeness (QED) is 0.854. The first-order valence-electron chi connectivity index (χ1n) is 6.02. The van der Waals surface area contributed by atoms with Gasteiger partial charge in [0.2, 0.25) is 10.0 Å². The fraction of sp³-hybridized carbons (Fsp3) is 0.538. The molecule has 0 saturated heterocycles. The van der Waals surface area contributed by atoms with Crippen LogP contribution in [0.4, 0.5) is 0 Å². The number of aryl methyl sites for hydroxylation is 1. The summed E-state index contributed by atoms with van der Waals surface area (Å²) in [5.41, 5.74) is 5.97. The molecule has 0 bridgehead atoms.